The Bertz CT molecular complexity index is 57.7. The lowest BCUT2D eigenvalue weighted by molar-refractivity contribution is 0.174. The van der Waals surface area contributed by atoms with Gasteiger partial charge >= 0.3 is 0 Å². The summed E-state index contributed by atoms with van der Waals surface area (Å²) in [6.07, 6.45) is 0.943. The maximum absolute atomic E-state index is 12.3. The number of nitrogens with zero attached hydrogens (tertiary/aromatic N) is 1. The van der Waals surface area contributed by atoms with Crippen molar-refractivity contribution in [1.29, 1.82) is 0 Å². The molecule has 1 heterocycles. The molecular formula is C8H18FN. The number of rotatable bonds is 0. The second kappa shape index (κ2) is 5.66. The third kappa shape index (κ3) is 3.83. The summed E-state index contributed by atoms with van der Waals surface area (Å²) in [7, 11) is 2.03. The van der Waals surface area contributed by atoms with Crippen LogP contribution in [-0.4, -0.2) is 31.2 Å². The number of hydrogen-bond donors (Lipinski definition) is 0. The molecule has 0 aromatic heterocycles. The quantitative estimate of drug-likeness (QED) is 0.507. The van der Waals surface area contributed by atoms with Crippen molar-refractivity contribution in [2.75, 3.05) is 20.1 Å². The second-order valence-corrected chi connectivity index (χ2v) is 2.48. The predicted molar refractivity (Wildman–Crippen MR) is 43.0 cm³/mol. The molecule has 0 saturated carbocycles. The highest BCUT2D eigenvalue weighted by Crippen LogP contribution is 2.10. The number of piperidine rings is 1. The van der Waals surface area contributed by atoms with Crippen LogP contribution in [0.4, 0.5) is 4.39 Å². The standard InChI is InChI=1S/C6H12FN.C2H6/c1-8-4-2-6(7)3-5-8;1-2/h6H,2-5H2,1H3;1-2H3. The zero-order valence-electron chi connectivity index (χ0n) is 7.23. The number of halogens is 1. The molecule has 0 N–H and O–H groups in total. The highest BCUT2D eigenvalue weighted by atomic mass is 19.1. The van der Waals surface area contributed by atoms with Crippen LogP contribution < -0.4 is 0 Å². The molecule has 0 bridgehead atoms. The van der Waals surface area contributed by atoms with E-state index in [9.17, 15) is 4.39 Å². The van der Waals surface area contributed by atoms with Crippen LogP contribution in [-0.2, 0) is 0 Å². The maximum atomic E-state index is 12.3. The lowest BCUT2D eigenvalue weighted by atomic mass is 10.1. The normalized spacial score (nSPS) is 21.6. The van der Waals surface area contributed by atoms with E-state index in [0.29, 0.717) is 0 Å². The molecule has 0 radical (unpaired) electrons. The first-order valence-corrected chi connectivity index (χ1v) is 4.11. The highest BCUT2D eigenvalue weighted by molar-refractivity contribution is 4.67. The van der Waals surface area contributed by atoms with Gasteiger partial charge in [-0.3, -0.25) is 0 Å². The highest BCUT2D eigenvalue weighted by Gasteiger charge is 2.14. The van der Waals surface area contributed by atoms with Crippen molar-refractivity contribution in [2.45, 2.75) is 32.9 Å². The first kappa shape index (κ1) is 9.89. The Balaban J connectivity index is 0.000000371. The van der Waals surface area contributed by atoms with Crippen LogP contribution >= 0.6 is 0 Å². The van der Waals surface area contributed by atoms with Gasteiger partial charge in [-0.25, -0.2) is 4.39 Å². The minimum Gasteiger partial charge on any atom is -0.306 e. The summed E-state index contributed by atoms with van der Waals surface area (Å²) in [5.74, 6) is 0. The predicted octanol–water partition coefficient (Wildman–Crippen LogP) is 2.08. The van der Waals surface area contributed by atoms with Gasteiger partial charge in [0.25, 0.3) is 0 Å². The number of alkyl halides is 1. The molecule has 62 valence electrons. The van der Waals surface area contributed by atoms with Crippen LogP contribution in [0, 0.1) is 0 Å². The Morgan fingerprint density at radius 2 is 1.60 bits per heavy atom. The van der Waals surface area contributed by atoms with Gasteiger partial charge in [-0.2, -0.15) is 0 Å². The second-order valence-electron chi connectivity index (χ2n) is 2.48. The van der Waals surface area contributed by atoms with E-state index in [2.05, 4.69) is 4.90 Å². The minimum absolute atomic E-state index is 0.522. The van der Waals surface area contributed by atoms with Crippen molar-refractivity contribution >= 4 is 0 Å². The molecule has 0 unspecified atom stereocenters. The van der Waals surface area contributed by atoms with Crippen LogP contribution in [0.2, 0.25) is 0 Å². The van der Waals surface area contributed by atoms with Crippen LogP contribution in [0.3, 0.4) is 0 Å². The topological polar surface area (TPSA) is 3.24 Å². The fraction of sp³-hybridized carbons (Fsp3) is 1.00. The van der Waals surface area contributed by atoms with E-state index in [-0.39, 0.29) is 0 Å². The van der Waals surface area contributed by atoms with E-state index < -0.39 is 6.17 Å². The van der Waals surface area contributed by atoms with Crippen molar-refractivity contribution in [1.82, 2.24) is 4.90 Å². The maximum Gasteiger partial charge on any atom is 0.103 e. The molecule has 1 nitrogen and oxygen atoms in total. The molecule has 1 rings (SSSR count). The third-order valence-corrected chi connectivity index (χ3v) is 1.65. The smallest absolute Gasteiger partial charge is 0.103 e. The molecule has 0 amide bonds. The Hall–Kier alpha value is -0.110. The number of likely N-dealkylation sites (tertiary alicyclic amines) is 1. The first-order chi connectivity index (χ1) is 4.79. The Morgan fingerprint density at radius 1 is 1.20 bits per heavy atom. The van der Waals surface area contributed by atoms with Crippen molar-refractivity contribution in [3.05, 3.63) is 0 Å². The molecule has 10 heavy (non-hydrogen) atoms. The lowest BCUT2D eigenvalue weighted by Crippen LogP contribution is -2.30. The summed E-state index contributed by atoms with van der Waals surface area (Å²) in [5, 5.41) is 0. The van der Waals surface area contributed by atoms with E-state index in [1.54, 1.807) is 0 Å². The van der Waals surface area contributed by atoms with Gasteiger partial charge in [-0.05, 0) is 19.9 Å². The fourth-order valence-electron chi connectivity index (χ4n) is 0.977. The van der Waals surface area contributed by atoms with Gasteiger partial charge < -0.3 is 4.90 Å². The molecule has 0 spiro atoms. The van der Waals surface area contributed by atoms with E-state index in [1.807, 2.05) is 20.9 Å². The van der Waals surface area contributed by atoms with Gasteiger partial charge in [0.05, 0.1) is 0 Å². The van der Waals surface area contributed by atoms with Crippen LogP contribution in [0.5, 0.6) is 0 Å². The molecular weight excluding hydrogens is 129 g/mol. The van der Waals surface area contributed by atoms with Gasteiger partial charge in [0, 0.05) is 13.1 Å². The van der Waals surface area contributed by atoms with E-state index in [0.717, 1.165) is 25.9 Å². The summed E-state index contributed by atoms with van der Waals surface area (Å²) in [4.78, 5) is 2.16. The molecule has 0 aromatic carbocycles. The van der Waals surface area contributed by atoms with Gasteiger partial charge in [-0.15, -0.1) is 0 Å². The SMILES string of the molecule is CC.CN1CCC(F)CC1. The van der Waals surface area contributed by atoms with Crippen LogP contribution in [0.1, 0.15) is 26.7 Å². The minimum atomic E-state index is -0.522. The third-order valence-electron chi connectivity index (χ3n) is 1.65. The van der Waals surface area contributed by atoms with Crippen LogP contribution in [0.25, 0.3) is 0 Å². The summed E-state index contributed by atoms with van der Waals surface area (Å²) >= 11 is 0. The molecule has 1 fully saturated rings. The first-order valence-electron chi connectivity index (χ1n) is 4.11. The van der Waals surface area contributed by atoms with Gasteiger partial charge in [0.2, 0.25) is 0 Å². The molecule has 1 aliphatic rings. The zero-order valence-corrected chi connectivity index (χ0v) is 7.23. The number of hydrogen-bond acceptors (Lipinski definition) is 1. The molecule has 2 heteroatoms. The Kier molecular flexibility index (Phi) is 5.60. The molecule has 0 atom stereocenters. The summed E-state index contributed by atoms with van der Waals surface area (Å²) in [5.41, 5.74) is 0. The lowest BCUT2D eigenvalue weighted by Gasteiger charge is -2.23. The Morgan fingerprint density at radius 3 is 1.90 bits per heavy atom. The zero-order chi connectivity index (χ0) is 7.98. The van der Waals surface area contributed by atoms with Crippen molar-refractivity contribution in [3.63, 3.8) is 0 Å². The average Bonchev–Trinajstić information content (AvgIpc) is 2.00. The summed E-state index contributed by atoms with van der Waals surface area (Å²) in [6.45, 7) is 5.86. The summed E-state index contributed by atoms with van der Waals surface area (Å²) < 4.78 is 12.3. The Labute approximate surface area is 63.2 Å². The van der Waals surface area contributed by atoms with Crippen molar-refractivity contribution in [2.24, 2.45) is 0 Å². The fourth-order valence-corrected chi connectivity index (χ4v) is 0.977. The van der Waals surface area contributed by atoms with E-state index >= 15 is 0 Å². The monoisotopic (exact) mass is 147 g/mol. The van der Waals surface area contributed by atoms with Crippen molar-refractivity contribution < 1.29 is 4.39 Å². The molecule has 0 aliphatic carbocycles. The molecule has 0 aromatic rings. The van der Waals surface area contributed by atoms with Gasteiger partial charge in [-0.1, -0.05) is 13.8 Å². The van der Waals surface area contributed by atoms with Gasteiger partial charge in [0.1, 0.15) is 6.17 Å². The summed E-state index contributed by atoms with van der Waals surface area (Å²) in [6, 6.07) is 0. The van der Waals surface area contributed by atoms with Crippen LogP contribution in [0.15, 0.2) is 0 Å². The molecule has 1 aliphatic heterocycles. The van der Waals surface area contributed by atoms with E-state index in [4.69, 9.17) is 0 Å². The largest absolute Gasteiger partial charge is 0.306 e. The van der Waals surface area contributed by atoms with Crippen molar-refractivity contribution in [3.8, 4) is 0 Å². The van der Waals surface area contributed by atoms with E-state index in [1.165, 1.54) is 0 Å². The van der Waals surface area contributed by atoms with Gasteiger partial charge in [0.15, 0.2) is 0 Å². The average molecular weight is 147 g/mol. The molecule has 1 saturated heterocycles.